The highest BCUT2D eigenvalue weighted by Crippen LogP contribution is 2.11. The molecular formula is C16H25N5O2. The van der Waals surface area contributed by atoms with Crippen LogP contribution in [0.4, 0.5) is 5.82 Å². The van der Waals surface area contributed by atoms with E-state index in [1.165, 1.54) is 0 Å². The van der Waals surface area contributed by atoms with E-state index in [1.54, 1.807) is 6.20 Å². The maximum atomic E-state index is 11.6. The van der Waals surface area contributed by atoms with Crippen LogP contribution in [0.2, 0.25) is 0 Å². The minimum absolute atomic E-state index is 0.166. The Labute approximate surface area is 137 Å². The Morgan fingerprint density at radius 1 is 1.35 bits per heavy atom. The first-order valence-corrected chi connectivity index (χ1v) is 8.44. The van der Waals surface area contributed by atoms with E-state index in [-0.39, 0.29) is 6.10 Å². The topological polar surface area (TPSA) is 70.6 Å². The van der Waals surface area contributed by atoms with Gasteiger partial charge in [0.1, 0.15) is 5.82 Å². The first-order valence-electron chi connectivity index (χ1n) is 8.44. The summed E-state index contributed by atoms with van der Waals surface area (Å²) in [6, 6.07) is 3.77. The lowest BCUT2D eigenvalue weighted by molar-refractivity contribution is -0.127. The highest BCUT2D eigenvalue weighted by molar-refractivity contribution is 5.77. The second-order valence-corrected chi connectivity index (χ2v) is 6.12. The average Bonchev–Trinajstić information content (AvgIpc) is 3.00. The molecule has 1 aromatic heterocycles. The largest absolute Gasteiger partial charge is 0.374 e. The molecule has 1 unspecified atom stereocenters. The summed E-state index contributed by atoms with van der Waals surface area (Å²) in [7, 11) is 0. The van der Waals surface area contributed by atoms with Gasteiger partial charge in [0, 0.05) is 51.9 Å². The molecule has 0 aromatic carbocycles. The molecule has 0 bridgehead atoms. The van der Waals surface area contributed by atoms with E-state index in [0.29, 0.717) is 5.91 Å². The predicted octanol–water partition coefficient (Wildman–Crippen LogP) is 0.602. The van der Waals surface area contributed by atoms with Crippen molar-refractivity contribution in [1.29, 1.82) is 0 Å². The van der Waals surface area contributed by atoms with Crippen molar-refractivity contribution < 1.29 is 9.53 Å². The number of hydrogen-bond donors (Lipinski definition) is 1. The molecule has 0 aliphatic carbocycles. The summed E-state index contributed by atoms with van der Waals surface area (Å²) in [4.78, 5) is 16.0. The van der Waals surface area contributed by atoms with E-state index in [0.717, 1.165) is 71.0 Å². The number of amides is 1. The number of carbonyl (C=O) groups excluding carboxylic acids is 1. The molecule has 1 aromatic rings. The average molecular weight is 319 g/mol. The van der Waals surface area contributed by atoms with E-state index in [2.05, 4.69) is 20.4 Å². The highest BCUT2D eigenvalue weighted by atomic mass is 16.5. The summed E-state index contributed by atoms with van der Waals surface area (Å²) >= 11 is 0. The normalized spacial score (nSPS) is 22.5. The number of ether oxygens (including phenoxy) is 1. The van der Waals surface area contributed by atoms with E-state index in [4.69, 9.17) is 4.74 Å². The minimum atomic E-state index is 0.166. The molecular weight excluding hydrogens is 294 g/mol. The lowest BCUT2D eigenvalue weighted by Crippen LogP contribution is -2.46. The third kappa shape index (κ3) is 4.87. The molecule has 1 atom stereocenters. The SMILES string of the molecule is O=C1CCCN1CCCN1CCOC(CNc2cccnn2)C1. The zero-order valence-electron chi connectivity index (χ0n) is 13.5. The van der Waals surface area contributed by atoms with Gasteiger partial charge >= 0.3 is 0 Å². The van der Waals surface area contributed by atoms with Crippen molar-refractivity contribution in [2.24, 2.45) is 0 Å². The number of morpholine rings is 1. The van der Waals surface area contributed by atoms with Crippen LogP contribution >= 0.6 is 0 Å². The minimum Gasteiger partial charge on any atom is -0.374 e. The van der Waals surface area contributed by atoms with Crippen molar-refractivity contribution in [3.8, 4) is 0 Å². The number of likely N-dealkylation sites (tertiary alicyclic amines) is 1. The van der Waals surface area contributed by atoms with Gasteiger partial charge in [-0.05, 0) is 25.0 Å². The van der Waals surface area contributed by atoms with Crippen LogP contribution in [0.1, 0.15) is 19.3 Å². The molecule has 2 aliphatic rings. The molecule has 2 saturated heterocycles. The lowest BCUT2D eigenvalue weighted by atomic mass is 10.2. The molecule has 126 valence electrons. The summed E-state index contributed by atoms with van der Waals surface area (Å²) in [5.41, 5.74) is 0. The fourth-order valence-corrected chi connectivity index (χ4v) is 3.15. The van der Waals surface area contributed by atoms with Crippen LogP contribution in [0.3, 0.4) is 0 Å². The summed E-state index contributed by atoms with van der Waals surface area (Å²) in [6.07, 6.45) is 4.62. The Kier molecular flexibility index (Phi) is 5.76. The van der Waals surface area contributed by atoms with Gasteiger partial charge in [-0.25, -0.2) is 0 Å². The van der Waals surface area contributed by atoms with E-state index >= 15 is 0 Å². The van der Waals surface area contributed by atoms with Crippen LogP contribution in [0.5, 0.6) is 0 Å². The van der Waals surface area contributed by atoms with Crippen molar-refractivity contribution in [1.82, 2.24) is 20.0 Å². The molecule has 0 saturated carbocycles. The molecule has 3 rings (SSSR count). The van der Waals surface area contributed by atoms with Gasteiger partial charge in [0.15, 0.2) is 0 Å². The molecule has 2 aliphatic heterocycles. The van der Waals surface area contributed by atoms with Crippen molar-refractivity contribution in [2.45, 2.75) is 25.4 Å². The molecule has 1 amide bonds. The molecule has 0 radical (unpaired) electrons. The van der Waals surface area contributed by atoms with Crippen LogP contribution in [0.25, 0.3) is 0 Å². The van der Waals surface area contributed by atoms with Gasteiger partial charge < -0.3 is 15.0 Å². The fraction of sp³-hybridized carbons (Fsp3) is 0.688. The van der Waals surface area contributed by atoms with Crippen LogP contribution in [0, 0.1) is 0 Å². The molecule has 3 heterocycles. The Bertz CT molecular complexity index is 499. The Balaban J connectivity index is 1.35. The Hall–Kier alpha value is -1.73. The van der Waals surface area contributed by atoms with Gasteiger partial charge in [0.2, 0.25) is 5.91 Å². The molecule has 1 N–H and O–H groups in total. The van der Waals surface area contributed by atoms with Gasteiger partial charge in [-0.3, -0.25) is 9.69 Å². The molecule has 0 spiro atoms. The second kappa shape index (κ2) is 8.21. The molecule has 23 heavy (non-hydrogen) atoms. The number of anilines is 1. The molecule has 2 fully saturated rings. The number of nitrogens with zero attached hydrogens (tertiary/aromatic N) is 4. The Morgan fingerprint density at radius 2 is 2.30 bits per heavy atom. The smallest absolute Gasteiger partial charge is 0.222 e. The van der Waals surface area contributed by atoms with E-state index in [9.17, 15) is 4.79 Å². The van der Waals surface area contributed by atoms with Gasteiger partial charge in [-0.1, -0.05) is 0 Å². The maximum Gasteiger partial charge on any atom is 0.222 e. The number of rotatable bonds is 7. The molecule has 7 nitrogen and oxygen atoms in total. The fourth-order valence-electron chi connectivity index (χ4n) is 3.15. The van der Waals surface area contributed by atoms with E-state index in [1.807, 2.05) is 17.0 Å². The zero-order chi connectivity index (χ0) is 15.9. The summed E-state index contributed by atoms with van der Waals surface area (Å²) in [5.74, 6) is 1.10. The number of nitrogens with one attached hydrogen (secondary N) is 1. The van der Waals surface area contributed by atoms with Crippen molar-refractivity contribution >= 4 is 11.7 Å². The highest BCUT2D eigenvalue weighted by Gasteiger charge is 2.22. The molecule has 7 heteroatoms. The van der Waals surface area contributed by atoms with E-state index < -0.39 is 0 Å². The van der Waals surface area contributed by atoms with Crippen LogP contribution in [-0.4, -0.2) is 77.9 Å². The van der Waals surface area contributed by atoms with Crippen molar-refractivity contribution in [3.63, 3.8) is 0 Å². The maximum absolute atomic E-state index is 11.6. The van der Waals surface area contributed by atoms with Crippen molar-refractivity contribution in [2.75, 3.05) is 51.2 Å². The first kappa shape index (κ1) is 16.1. The number of aromatic nitrogens is 2. The lowest BCUT2D eigenvalue weighted by Gasteiger charge is -2.33. The number of hydrogen-bond acceptors (Lipinski definition) is 6. The van der Waals surface area contributed by atoms with Crippen LogP contribution in [-0.2, 0) is 9.53 Å². The van der Waals surface area contributed by atoms with Gasteiger partial charge in [0.25, 0.3) is 0 Å². The van der Waals surface area contributed by atoms with Gasteiger partial charge in [-0.2, -0.15) is 5.10 Å². The summed E-state index contributed by atoms with van der Waals surface area (Å²) < 4.78 is 5.81. The first-order chi connectivity index (χ1) is 11.3. The van der Waals surface area contributed by atoms with Crippen LogP contribution in [0.15, 0.2) is 18.3 Å². The van der Waals surface area contributed by atoms with Gasteiger partial charge in [0.05, 0.1) is 12.7 Å². The Morgan fingerprint density at radius 3 is 3.09 bits per heavy atom. The quantitative estimate of drug-likeness (QED) is 0.794. The third-order valence-electron chi connectivity index (χ3n) is 4.38. The standard InChI is InChI=1S/C16H25N5O2/c22-16-5-2-8-21(16)9-3-7-20-10-11-23-14(13-20)12-17-15-4-1-6-18-19-15/h1,4,6,14H,2-3,5,7-13H2,(H,17,19). The number of carbonyl (C=O) groups is 1. The zero-order valence-corrected chi connectivity index (χ0v) is 13.5. The second-order valence-electron chi connectivity index (χ2n) is 6.12. The third-order valence-corrected chi connectivity index (χ3v) is 4.38. The summed E-state index contributed by atoms with van der Waals surface area (Å²) in [5, 5.41) is 11.1. The predicted molar refractivity (Wildman–Crippen MR) is 87.1 cm³/mol. The van der Waals surface area contributed by atoms with Crippen LogP contribution < -0.4 is 5.32 Å². The van der Waals surface area contributed by atoms with Crippen molar-refractivity contribution in [3.05, 3.63) is 18.3 Å². The summed E-state index contributed by atoms with van der Waals surface area (Å²) in [6.45, 7) is 6.23. The monoisotopic (exact) mass is 319 g/mol. The van der Waals surface area contributed by atoms with Gasteiger partial charge in [-0.15, -0.1) is 5.10 Å².